The molecule has 0 spiro atoms. The first-order valence-corrected chi connectivity index (χ1v) is 11.9. The van der Waals surface area contributed by atoms with Crippen molar-refractivity contribution in [3.8, 4) is 33.8 Å². The topological polar surface area (TPSA) is 125 Å². The minimum Gasteiger partial charge on any atom is -0.472 e. The Morgan fingerprint density at radius 1 is 1.00 bits per heavy atom. The van der Waals surface area contributed by atoms with Crippen LogP contribution in [0.2, 0.25) is 0 Å². The Hall–Kier alpha value is -4.79. The van der Waals surface area contributed by atoms with Crippen LogP contribution >= 0.6 is 0 Å². The van der Waals surface area contributed by atoms with Crippen molar-refractivity contribution in [3.63, 3.8) is 0 Å². The van der Waals surface area contributed by atoms with Gasteiger partial charge in [-0.15, -0.1) is 0 Å². The molecule has 0 saturated carbocycles. The zero-order valence-electron chi connectivity index (χ0n) is 20.7. The summed E-state index contributed by atoms with van der Waals surface area (Å²) in [5, 5.41) is 12.3. The third-order valence-corrected chi connectivity index (χ3v) is 6.07. The maximum absolute atomic E-state index is 12.4. The number of rotatable bonds is 5. The highest BCUT2D eigenvalue weighted by atomic mass is 16.3. The number of aromatic amines is 2. The van der Waals surface area contributed by atoms with Crippen LogP contribution in [-0.2, 0) is 4.79 Å². The molecule has 0 atom stereocenters. The fourth-order valence-corrected chi connectivity index (χ4v) is 4.43. The van der Waals surface area contributed by atoms with Gasteiger partial charge in [-0.25, -0.2) is 4.98 Å². The maximum Gasteiger partial charge on any atom is 0.224 e. The van der Waals surface area contributed by atoms with Crippen LogP contribution in [0.25, 0.3) is 55.7 Å². The highest BCUT2D eigenvalue weighted by molar-refractivity contribution is 6.00. The summed E-state index contributed by atoms with van der Waals surface area (Å²) in [4.78, 5) is 29.3. The fraction of sp³-hybridized carbons (Fsp3) is 0.179. The summed E-state index contributed by atoms with van der Waals surface area (Å²) in [5.41, 5.74) is 7.27. The van der Waals surface area contributed by atoms with Gasteiger partial charge in [0, 0.05) is 58.0 Å². The molecule has 6 aromatic rings. The van der Waals surface area contributed by atoms with Crippen LogP contribution in [0, 0.1) is 5.41 Å². The first-order chi connectivity index (χ1) is 17.8. The van der Waals surface area contributed by atoms with Crippen molar-refractivity contribution in [3.05, 3.63) is 67.6 Å². The zero-order chi connectivity index (χ0) is 25.6. The third kappa shape index (κ3) is 4.47. The SMILES string of the molecule is CC(C)(C)CC(=O)Nc1cncc(-c2cnc3n[nH]c(-c4cc5c(-c6ccoc6)nccc5[nH]4)c3c2)c1. The first-order valence-electron chi connectivity index (χ1n) is 11.9. The molecule has 6 aromatic heterocycles. The van der Waals surface area contributed by atoms with Crippen LogP contribution in [0.3, 0.4) is 0 Å². The highest BCUT2D eigenvalue weighted by Crippen LogP contribution is 2.34. The lowest BCUT2D eigenvalue weighted by molar-refractivity contribution is -0.117. The maximum atomic E-state index is 12.4. The van der Waals surface area contributed by atoms with E-state index < -0.39 is 0 Å². The summed E-state index contributed by atoms with van der Waals surface area (Å²) in [6.45, 7) is 6.10. The fourth-order valence-electron chi connectivity index (χ4n) is 4.43. The lowest BCUT2D eigenvalue weighted by atomic mass is 9.92. The van der Waals surface area contributed by atoms with Crippen molar-refractivity contribution >= 4 is 33.5 Å². The van der Waals surface area contributed by atoms with Gasteiger partial charge in [0.15, 0.2) is 5.65 Å². The minimum absolute atomic E-state index is 0.0414. The molecule has 0 unspecified atom stereocenters. The summed E-state index contributed by atoms with van der Waals surface area (Å²) < 4.78 is 5.26. The van der Waals surface area contributed by atoms with E-state index in [1.165, 1.54) is 0 Å². The van der Waals surface area contributed by atoms with Crippen molar-refractivity contribution in [2.24, 2.45) is 5.41 Å². The predicted octanol–water partition coefficient (Wildman–Crippen LogP) is 6.20. The lowest BCUT2D eigenvalue weighted by Crippen LogP contribution is -2.19. The number of aromatic nitrogens is 6. The van der Waals surface area contributed by atoms with Gasteiger partial charge in [-0.1, -0.05) is 20.8 Å². The molecule has 0 aromatic carbocycles. The number of hydrogen-bond acceptors (Lipinski definition) is 6. The highest BCUT2D eigenvalue weighted by Gasteiger charge is 2.17. The Labute approximate surface area is 212 Å². The summed E-state index contributed by atoms with van der Waals surface area (Å²) in [6, 6.07) is 9.82. The van der Waals surface area contributed by atoms with Gasteiger partial charge in [-0.05, 0) is 35.7 Å². The second kappa shape index (κ2) is 8.70. The van der Waals surface area contributed by atoms with Crippen LogP contribution in [0.5, 0.6) is 0 Å². The number of amides is 1. The van der Waals surface area contributed by atoms with Gasteiger partial charge in [0.25, 0.3) is 0 Å². The van der Waals surface area contributed by atoms with Crippen molar-refractivity contribution in [1.82, 2.24) is 30.1 Å². The lowest BCUT2D eigenvalue weighted by Gasteiger charge is -2.17. The van der Waals surface area contributed by atoms with Crippen molar-refractivity contribution < 1.29 is 9.21 Å². The second-order valence-electron chi connectivity index (χ2n) is 10.3. The summed E-state index contributed by atoms with van der Waals surface area (Å²) in [5.74, 6) is -0.0414. The van der Waals surface area contributed by atoms with E-state index in [1.54, 1.807) is 37.3 Å². The Morgan fingerprint density at radius 3 is 2.68 bits per heavy atom. The number of furan rings is 1. The van der Waals surface area contributed by atoms with Crippen LogP contribution < -0.4 is 5.32 Å². The first kappa shape index (κ1) is 22.7. The van der Waals surface area contributed by atoms with E-state index in [9.17, 15) is 4.79 Å². The van der Waals surface area contributed by atoms with E-state index in [1.807, 2.05) is 45.0 Å². The number of pyridine rings is 3. The van der Waals surface area contributed by atoms with E-state index in [4.69, 9.17) is 4.42 Å². The second-order valence-corrected chi connectivity index (χ2v) is 10.3. The number of nitrogens with one attached hydrogen (secondary N) is 3. The number of fused-ring (bicyclic) bond motifs is 2. The summed E-state index contributed by atoms with van der Waals surface area (Å²) >= 11 is 0. The molecule has 0 saturated heterocycles. The molecule has 9 heteroatoms. The normalized spacial score (nSPS) is 11.9. The average Bonchev–Trinajstić information content (AvgIpc) is 3.61. The molecule has 6 rings (SSSR count). The molecular weight excluding hydrogens is 466 g/mol. The molecule has 1 amide bonds. The van der Waals surface area contributed by atoms with Gasteiger partial charge in [0.1, 0.15) is 0 Å². The van der Waals surface area contributed by atoms with E-state index in [0.717, 1.165) is 50.1 Å². The van der Waals surface area contributed by atoms with E-state index >= 15 is 0 Å². The number of carbonyl (C=O) groups is 1. The molecule has 0 aliphatic rings. The number of anilines is 1. The standard InChI is InChI=1S/C28H25N7O2/c1-28(2,3)11-24(36)32-19-8-17(12-29-14-19)18-9-21-26(34-35-27(21)31-13-18)23-10-20-22(33-23)4-6-30-25(20)16-5-7-37-15-16/h4-10,12-15,33H,11H2,1-3H3,(H,32,36)(H,31,34,35). The summed E-state index contributed by atoms with van der Waals surface area (Å²) in [7, 11) is 0. The van der Waals surface area contributed by atoms with Crippen LogP contribution in [0.4, 0.5) is 5.69 Å². The monoisotopic (exact) mass is 491 g/mol. The smallest absolute Gasteiger partial charge is 0.224 e. The minimum atomic E-state index is -0.0975. The largest absolute Gasteiger partial charge is 0.472 e. The molecule has 0 radical (unpaired) electrons. The number of nitrogens with zero attached hydrogens (tertiary/aromatic N) is 4. The molecule has 0 aliphatic carbocycles. The van der Waals surface area contributed by atoms with E-state index in [-0.39, 0.29) is 11.3 Å². The molecule has 3 N–H and O–H groups in total. The molecule has 0 bridgehead atoms. The Balaban J connectivity index is 1.36. The number of carbonyl (C=O) groups excluding carboxylic acids is 1. The molecule has 6 heterocycles. The number of H-pyrrole nitrogens is 2. The number of hydrogen-bond donors (Lipinski definition) is 3. The van der Waals surface area contributed by atoms with Crippen LogP contribution in [0.15, 0.2) is 72.1 Å². The van der Waals surface area contributed by atoms with Crippen molar-refractivity contribution in [2.75, 3.05) is 5.32 Å². The van der Waals surface area contributed by atoms with E-state index in [0.29, 0.717) is 17.8 Å². The Kier molecular flexibility index (Phi) is 5.33. The Bertz CT molecular complexity index is 1740. The van der Waals surface area contributed by atoms with E-state index in [2.05, 4.69) is 41.5 Å². The Morgan fingerprint density at radius 2 is 1.86 bits per heavy atom. The van der Waals surface area contributed by atoms with Gasteiger partial charge in [-0.2, -0.15) is 5.10 Å². The predicted molar refractivity (Wildman–Crippen MR) is 143 cm³/mol. The molecular formula is C28H25N7O2. The van der Waals surface area contributed by atoms with Gasteiger partial charge in [0.05, 0.1) is 41.5 Å². The van der Waals surface area contributed by atoms with Gasteiger partial charge >= 0.3 is 0 Å². The molecule has 0 aliphatic heterocycles. The average molecular weight is 492 g/mol. The van der Waals surface area contributed by atoms with Crippen LogP contribution in [0.1, 0.15) is 27.2 Å². The molecule has 9 nitrogen and oxygen atoms in total. The quantitative estimate of drug-likeness (QED) is 0.264. The molecule has 37 heavy (non-hydrogen) atoms. The van der Waals surface area contributed by atoms with Gasteiger partial charge in [-0.3, -0.25) is 19.9 Å². The van der Waals surface area contributed by atoms with Crippen molar-refractivity contribution in [1.29, 1.82) is 0 Å². The van der Waals surface area contributed by atoms with Crippen LogP contribution in [-0.4, -0.2) is 36.0 Å². The zero-order valence-corrected chi connectivity index (χ0v) is 20.7. The molecule has 0 fully saturated rings. The summed E-state index contributed by atoms with van der Waals surface area (Å²) in [6.07, 6.45) is 10.7. The van der Waals surface area contributed by atoms with Gasteiger partial charge in [0.2, 0.25) is 5.91 Å². The third-order valence-electron chi connectivity index (χ3n) is 6.07. The molecule has 184 valence electrons. The van der Waals surface area contributed by atoms with Crippen molar-refractivity contribution in [2.45, 2.75) is 27.2 Å². The van der Waals surface area contributed by atoms with Gasteiger partial charge < -0.3 is 14.7 Å².